The maximum Gasteiger partial charge on any atom is 0.454 e. The van der Waals surface area contributed by atoms with Gasteiger partial charge in [-0.05, 0) is 12.8 Å². The highest BCUT2D eigenvalue weighted by Gasteiger charge is 2.39. The highest BCUT2D eigenvalue weighted by atomic mass is 19.4. The molecule has 0 fully saturated rings. The van der Waals surface area contributed by atoms with Gasteiger partial charge in [0.1, 0.15) is 0 Å². The number of carbonyl (C=O) groups excluding carboxylic acids is 1. The van der Waals surface area contributed by atoms with Crippen LogP contribution in [0, 0.1) is 0 Å². The first-order valence-electron chi connectivity index (χ1n) is 4.70. The van der Waals surface area contributed by atoms with Gasteiger partial charge in [0.25, 0.3) is 5.78 Å². The van der Waals surface area contributed by atoms with E-state index in [9.17, 15) is 18.0 Å². The lowest BCUT2D eigenvalue weighted by atomic mass is 10.2. The summed E-state index contributed by atoms with van der Waals surface area (Å²) in [6.45, 7) is 3.99. The van der Waals surface area contributed by atoms with E-state index in [1.54, 1.807) is 6.08 Å². The molecular formula is C10H11F3N2O. The lowest BCUT2D eigenvalue weighted by molar-refractivity contribution is -0.0885. The van der Waals surface area contributed by atoms with E-state index in [4.69, 9.17) is 0 Å². The minimum Gasteiger partial charge on any atom is -0.284 e. The molecule has 1 rings (SSSR count). The molecule has 1 aromatic heterocycles. The van der Waals surface area contributed by atoms with Crippen LogP contribution in [0.5, 0.6) is 0 Å². The van der Waals surface area contributed by atoms with Crippen LogP contribution in [0.1, 0.15) is 23.2 Å². The van der Waals surface area contributed by atoms with E-state index in [2.05, 4.69) is 11.7 Å². The van der Waals surface area contributed by atoms with Gasteiger partial charge < -0.3 is 0 Å². The van der Waals surface area contributed by atoms with Crippen LogP contribution >= 0.6 is 0 Å². The molecule has 0 aliphatic heterocycles. The van der Waals surface area contributed by atoms with Gasteiger partial charge in [-0.25, -0.2) is 0 Å². The van der Waals surface area contributed by atoms with Crippen molar-refractivity contribution in [2.24, 2.45) is 0 Å². The van der Waals surface area contributed by atoms with Crippen molar-refractivity contribution < 1.29 is 18.0 Å². The summed E-state index contributed by atoms with van der Waals surface area (Å²) < 4.78 is 37.5. The molecule has 0 unspecified atom stereocenters. The molecule has 0 spiro atoms. The molecule has 16 heavy (non-hydrogen) atoms. The highest BCUT2D eigenvalue weighted by Crippen LogP contribution is 2.20. The van der Waals surface area contributed by atoms with Gasteiger partial charge in [0.05, 0.1) is 11.8 Å². The van der Waals surface area contributed by atoms with Gasteiger partial charge in [-0.3, -0.25) is 9.48 Å². The Morgan fingerprint density at radius 1 is 1.56 bits per heavy atom. The molecule has 1 heterocycles. The fourth-order valence-electron chi connectivity index (χ4n) is 1.16. The number of rotatable bonds is 5. The highest BCUT2D eigenvalue weighted by molar-refractivity contribution is 5.99. The Morgan fingerprint density at radius 2 is 2.25 bits per heavy atom. The zero-order valence-corrected chi connectivity index (χ0v) is 8.50. The topological polar surface area (TPSA) is 34.9 Å². The molecule has 0 atom stereocenters. The SMILES string of the molecule is C=CCCCn1cc(C(=O)C(F)(F)F)cn1. The van der Waals surface area contributed by atoms with Gasteiger partial charge in [-0.15, -0.1) is 6.58 Å². The van der Waals surface area contributed by atoms with Gasteiger partial charge >= 0.3 is 6.18 Å². The number of aromatic nitrogens is 2. The van der Waals surface area contributed by atoms with E-state index in [0.717, 1.165) is 25.2 Å². The maximum absolute atomic E-state index is 12.1. The molecule has 0 saturated carbocycles. The summed E-state index contributed by atoms with van der Waals surface area (Å²) in [5, 5.41) is 3.68. The van der Waals surface area contributed by atoms with Crippen LogP contribution in [0.4, 0.5) is 13.2 Å². The normalized spacial score (nSPS) is 11.4. The summed E-state index contributed by atoms with van der Waals surface area (Å²) in [6, 6.07) is 0. The number of halogens is 3. The number of nitrogens with zero attached hydrogens (tertiary/aromatic N) is 2. The number of Topliss-reactive ketones (excluding diaryl/α,β-unsaturated/α-hetero) is 1. The Hall–Kier alpha value is -1.59. The Kier molecular flexibility index (Phi) is 3.87. The quantitative estimate of drug-likeness (QED) is 0.444. The first kappa shape index (κ1) is 12.5. The number of hydrogen-bond donors (Lipinski definition) is 0. The van der Waals surface area contributed by atoms with Crippen LogP contribution in [0.15, 0.2) is 25.0 Å². The molecule has 0 aromatic carbocycles. The predicted octanol–water partition coefficient (Wildman–Crippen LogP) is 2.59. The summed E-state index contributed by atoms with van der Waals surface area (Å²) >= 11 is 0. The van der Waals surface area contributed by atoms with E-state index in [1.807, 2.05) is 0 Å². The number of carbonyl (C=O) groups is 1. The van der Waals surface area contributed by atoms with Crippen LogP contribution in [0.3, 0.4) is 0 Å². The smallest absolute Gasteiger partial charge is 0.284 e. The Balaban J connectivity index is 2.64. The molecule has 0 aliphatic carbocycles. The second-order valence-corrected chi connectivity index (χ2v) is 3.25. The largest absolute Gasteiger partial charge is 0.454 e. The van der Waals surface area contributed by atoms with Crippen molar-refractivity contribution in [1.29, 1.82) is 0 Å². The first-order chi connectivity index (χ1) is 7.45. The average Bonchev–Trinajstić information content (AvgIpc) is 2.64. The molecule has 0 saturated heterocycles. The van der Waals surface area contributed by atoms with Gasteiger partial charge in [0, 0.05) is 12.7 Å². The first-order valence-corrected chi connectivity index (χ1v) is 4.70. The minimum atomic E-state index is -4.84. The molecule has 0 radical (unpaired) electrons. The summed E-state index contributed by atoms with van der Waals surface area (Å²) in [6.07, 6.45) is 0.399. The van der Waals surface area contributed by atoms with E-state index in [1.165, 1.54) is 4.68 Å². The van der Waals surface area contributed by atoms with Crippen LogP contribution in [-0.2, 0) is 6.54 Å². The number of ketones is 1. The van der Waals surface area contributed by atoms with Crippen molar-refractivity contribution in [1.82, 2.24) is 9.78 Å². The minimum absolute atomic E-state index is 0.425. The molecule has 88 valence electrons. The lowest BCUT2D eigenvalue weighted by Crippen LogP contribution is -2.22. The third-order valence-electron chi connectivity index (χ3n) is 1.95. The zero-order chi connectivity index (χ0) is 12.2. The van der Waals surface area contributed by atoms with Crippen molar-refractivity contribution in [3.63, 3.8) is 0 Å². The van der Waals surface area contributed by atoms with Crippen LogP contribution in [0.2, 0.25) is 0 Å². The molecule has 0 amide bonds. The van der Waals surface area contributed by atoms with E-state index in [0.29, 0.717) is 6.54 Å². The fourth-order valence-corrected chi connectivity index (χ4v) is 1.16. The van der Waals surface area contributed by atoms with E-state index >= 15 is 0 Å². The van der Waals surface area contributed by atoms with Gasteiger partial charge in [0.15, 0.2) is 0 Å². The Labute approximate surface area is 90.6 Å². The van der Waals surface area contributed by atoms with E-state index < -0.39 is 17.5 Å². The van der Waals surface area contributed by atoms with Gasteiger partial charge in [0.2, 0.25) is 0 Å². The zero-order valence-electron chi connectivity index (χ0n) is 8.50. The number of allylic oxidation sites excluding steroid dienone is 1. The van der Waals surface area contributed by atoms with Crippen molar-refractivity contribution >= 4 is 5.78 Å². The van der Waals surface area contributed by atoms with Crippen LogP contribution in [0.25, 0.3) is 0 Å². The number of unbranched alkanes of at least 4 members (excludes halogenated alkanes) is 1. The molecular weight excluding hydrogens is 221 g/mol. The average molecular weight is 232 g/mol. The number of aryl methyl sites for hydroxylation is 1. The number of alkyl halides is 3. The predicted molar refractivity (Wildman–Crippen MR) is 52.0 cm³/mol. The summed E-state index contributed by atoms with van der Waals surface area (Å²) in [7, 11) is 0. The fraction of sp³-hybridized carbons (Fsp3) is 0.400. The van der Waals surface area contributed by atoms with Gasteiger partial charge in [-0.2, -0.15) is 18.3 Å². The third-order valence-corrected chi connectivity index (χ3v) is 1.95. The molecule has 6 heteroatoms. The van der Waals surface area contributed by atoms with Crippen LogP contribution in [-0.4, -0.2) is 21.7 Å². The summed E-state index contributed by atoms with van der Waals surface area (Å²) in [5.74, 6) is -1.86. The standard InChI is InChI=1S/C10H11F3N2O/c1-2-3-4-5-15-7-8(6-14-15)9(16)10(11,12)13/h2,6-7H,1,3-5H2. The number of hydrogen-bond acceptors (Lipinski definition) is 2. The molecule has 0 N–H and O–H groups in total. The Morgan fingerprint density at radius 3 is 2.81 bits per heavy atom. The van der Waals surface area contributed by atoms with Gasteiger partial charge in [-0.1, -0.05) is 6.08 Å². The molecule has 0 aliphatic rings. The second kappa shape index (κ2) is 4.96. The van der Waals surface area contributed by atoms with Crippen molar-refractivity contribution in [3.05, 3.63) is 30.6 Å². The maximum atomic E-state index is 12.1. The second-order valence-electron chi connectivity index (χ2n) is 3.25. The lowest BCUT2D eigenvalue weighted by Gasteiger charge is -2.01. The molecule has 1 aromatic rings. The van der Waals surface area contributed by atoms with Crippen molar-refractivity contribution in [2.45, 2.75) is 25.6 Å². The summed E-state index contributed by atoms with van der Waals surface area (Å²) in [5.41, 5.74) is -0.425. The van der Waals surface area contributed by atoms with Crippen molar-refractivity contribution in [3.8, 4) is 0 Å². The van der Waals surface area contributed by atoms with E-state index in [-0.39, 0.29) is 0 Å². The monoisotopic (exact) mass is 232 g/mol. The Bertz CT molecular complexity index is 382. The van der Waals surface area contributed by atoms with Crippen LogP contribution < -0.4 is 0 Å². The molecule has 3 nitrogen and oxygen atoms in total. The van der Waals surface area contributed by atoms with Crippen molar-refractivity contribution in [2.75, 3.05) is 0 Å². The molecule has 0 bridgehead atoms. The third kappa shape index (κ3) is 3.22. The summed E-state index contributed by atoms with van der Waals surface area (Å²) in [4.78, 5) is 10.8.